The molecule has 4 nitrogen and oxygen atoms in total. The average molecular weight is 352 g/mol. The minimum atomic E-state index is -0.0229. The van der Waals surface area contributed by atoms with Gasteiger partial charge >= 0.3 is 0 Å². The van der Waals surface area contributed by atoms with Gasteiger partial charge in [0.15, 0.2) is 0 Å². The molecular weight excluding hydrogens is 324 g/mol. The van der Waals surface area contributed by atoms with E-state index in [1.807, 2.05) is 25.1 Å². The van der Waals surface area contributed by atoms with Gasteiger partial charge in [-0.05, 0) is 41.5 Å². The van der Waals surface area contributed by atoms with Gasteiger partial charge in [0.25, 0.3) is 0 Å². The lowest BCUT2D eigenvalue weighted by molar-refractivity contribution is -0.115. The summed E-state index contributed by atoms with van der Waals surface area (Å²) in [5, 5.41) is 6.32. The maximum atomic E-state index is 12.4. The van der Waals surface area contributed by atoms with Crippen molar-refractivity contribution in [3.8, 4) is 0 Å². The maximum absolute atomic E-state index is 12.4. The SMILES string of the molecule is Cc1cccc(C(C)C)c1NC(=O)CNCC1OCCc2ccccc21. The van der Waals surface area contributed by atoms with Crippen molar-refractivity contribution in [3.05, 3.63) is 64.7 Å². The van der Waals surface area contributed by atoms with Crippen molar-refractivity contribution in [2.45, 2.75) is 39.2 Å². The van der Waals surface area contributed by atoms with Gasteiger partial charge in [-0.2, -0.15) is 0 Å². The summed E-state index contributed by atoms with van der Waals surface area (Å²) >= 11 is 0. The second-order valence-electron chi connectivity index (χ2n) is 7.18. The number of ether oxygens (including phenoxy) is 1. The van der Waals surface area contributed by atoms with Crippen LogP contribution in [0.15, 0.2) is 42.5 Å². The first kappa shape index (κ1) is 18.6. The fraction of sp³-hybridized carbons (Fsp3) is 0.409. The summed E-state index contributed by atoms with van der Waals surface area (Å²) < 4.78 is 5.88. The molecule has 2 aromatic rings. The van der Waals surface area contributed by atoms with E-state index in [0.717, 1.165) is 24.3 Å². The fourth-order valence-corrected chi connectivity index (χ4v) is 3.49. The van der Waals surface area contributed by atoms with Crippen LogP contribution in [0.5, 0.6) is 0 Å². The Morgan fingerprint density at radius 1 is 1.19 bits per heavy atom. The van der Waals surface area contributed by atoms with Gasteiger partial charge in [0.2, 0.25) is 5.91 Å². The fourth-order valence-electron chi connectivity index (χ4n) is 3.49. The molecule has 138 valence electrons. The van der Waals surface area contributed by atoms with Crippen LogP contribution in [0.4, 0.5) is 5.69 Å². The standard InChI is InChI=1S/C22H28N2O2/c1-15(2)18-10-6-7-16(3)22(18)24-21(25)14-23-13-20-19-9-5-4-8-17(19)11-12-26-20/h4-10,15,20,23H,11-14H2,1-3H3,(H,24,25). The summed E-state index contributed by atoms with van der Waals surface area (Å²) in [4.78, 5) is 12.4. The zero-order chi connectivity index (χ0) is 18.5. The molecule has 0 saturated carbocycles. The van der Waals surface area contributed by atoms with Gasteiger partial charge in [0.05, 0.1) is 19.3 Å². The highest BCUT2D eigenvalue weighted by atomic mass is 16.5. The van der Waals surface area contributed by atoms with Gasteiger partial charge in [0, 0.05) is 12.2 Å². The molecular formula is C22H28N2O2. The van der Waals surface area contributed by atoms with Crippen LogP contribution in [0.2, 0.25) is 0 Å². The van der Waals surface area contributed by atoms with Crippen molar-refractivity contribution in [1.82, 2.24) is 5.32 Å². The third-order valence-electron chi connectivity index (χ3n) is 4.90. The first-order valence-electron chi connectivity index (χ1n) is 9.35. The predicted octanol–water partition coefficient (Wildman–Crippen LogP) is 3.96. The van der Waals surface area contributed by atoms with Gasteiger partial charge in [-0.1, -0.05) is 56.3 Å². The van der Waals surface area contributed by atoms with Crippen LogP contribution in [0.1, 0.15) is 48.1 Å². The molecule has 0 saturated heterocycles. The van der Waals surface area contributed by atoms with Crippen LogP contribution < -0.4 is 10.6 Å². The van der Waals surface area contributed by atoms with E-state index < -0.39 is 0 Å². The minimum absolute atomic E-state index is 0.0115. The molecule has 1 amide bonds. The van der Waals surface area contributed by atoms with Crippen LogP contribution >= 0.6 is 0 Å². The van der Waals surface area contributed by atoms with E-state index in [2.05, 4.69) is 48.7 Å². The summed E-state index contributed by atoms with van der Waals surface area (Å²) in [7, 11) is 0. The molecule has 26 heavy (non-hydrogen) atoms. The molecule has 0 bridgehead atoms. The number of carbonyl (C=O) groups is 1. The number of hydrogen-bond donors (Lipinski definition) is 2. The Hall–Kier alpha value is -2.17. The highest BCUT2D eigenvalue weighted by Gasteiger charge is 2.20. The second-order valence-corrected chi connectivity index (χ2v) is 7.18. The van der Waals surface area contributed by atoms with Gasteiger partial charge in [-0.3, -0.25) is 4.79 Å². The van der Waals surface area contributed by atoms with Crippen molar-refractivity contribution in [2.24, 2.45) is 0 Å². The van der Waals surface area contributed by atoms with Crippen LogP contribution in [-0.4, -0.2) is 25.6 Å². The third kappa shape index (κ3) is 4.32. The van der Waals surface area contributed by atoms with Gasteiger partial charge in [-0.15, -0.1) is 0 Å². The molecule has 1 aliphatic rings. The zero-order valence-electron chi connectivity index (χ0n) is 15.8. The second kappa shape index (κ2) is 8.47. The molecule has 1 aliphatic heterocycles. The highest BCUT2D eigenvalue weighted by Crippen LogP contribution is 2.28. The highest BCUT2D eigenvalue weighted by molar-refractivity contribution is 5.93. The number of benzene rings is 2. The Balaban J connectivity index is 1.56. The van der Waals surface area contributed by atoms with Crippen LogP contribution in [0.3, 0.4) is 0 Å². The lowest BCUT2D eigenvalue weighted by Crippen LogP contribution is -2.33. The number of hydrogen-bond acceptors (Lipinski definition) is 3. The zero-order valence-corrected chi connectivity index (χ0v) is 15.8. The molecule has 0 aromatic heterocycles. The molecule has 0 radical (unpaired) electrons. The number of anilines is 1. The Kier molecular flexibility index (Phi) is 6.07. The quantitative estimate of drug-likeness (QED) is 0.827. The maximum Gasteiger partial charge on any atom is 0.238 e. The van der Waals surface area contributed by atoms with Gasteiger partial charge in [-0.25, -0.2) is 0 Å². The monoisotopic (exact) mass is 352 g/mol. The van der Waals surface area contributed by atoms with E-state index in [9.17, 15) is 4.79 Å². The number of rotatable bonds is 6. The smallest absolute Gasteiger partial charge is 0.238 e. The van der Waals surface area contributed by atoms with Gasteiger partial charge < -0.3 is 15.4 Å². The van der Waals surface area contributed by atoms with Crippen molar-refractivity contribution >= 4 is 11.6 Å². The average Bonchev–Trinajstić information content (AvgIpc) is 2.63. The molecule has 1 unspecified atom stereocenters. The number of fused-ring (bicyclic) bond motifs is 1. The van der Waals surface area contributed by atoms with Crippen LogP contribution in [-0.2, 0) is 16.0 Å². The van der Waals surface area contributed by atoms with Crippen molar-refractivity contribution < 1.29 is 9.53 Å². The Bertz CT molecular complexity index is 770. The minimum Gasteiger partial charge on any atom is -0.372 e. The Morgan fingerprint density at radius 3 is 2.81 bits per heavy atom. The first-order valence-corrected chi connectivity index (χ1v) is 9.35. The molecule has 0 spiro atoms. The van der Waals surface area contributed by atoms with Gasteiger partial charge in [0.1, 0.15) is 0 Å². The number of carbonyl (C=O) groups excluding carboxylic acids is 1. The number of aryl methyl sites for hydroxylation is 1. The molecule has 1 heterocycles. The lowest BCUT2D eigenvalue weighted by Gasteiger charge is -2.26. The van der Waals surface area contributed by atoms with Crippen LogP contribution in [0, 0.1) is 6.92 Å². The summed E-state index contributed by atoms with van der Waals surface area (Å²) in [6.45, 7) is 7.95. The molecule has 0 aliphatic carbocycles. The third-order valence-corrected chi connectivity index (χ3v) is 4.90. The molecule has 2 N–H and O–H groups in total. The number of nitrogens with one attached hydrogen (secondary N) is 2. The Labute approximate surface area is 156 Å². The molecule has 1 atom stereocenters. The van der Waals surface area contributed by atoms with E-state index in [4.69, 9.17) is 4.74 Å². The number of para-hydroxylation sites is 1. The lowest BCUT2D eigenvalue weighted by atomic mass is 9.97. The molecule has 0 fully saturated rings. The summed E-state index contributed by atoms with van der Waals surface area (Å²) in [5.74, 6) is 0.343. The normalized spacial score (nSPS) is 16.4. The van der Waals surface area contributed by atoms with E-state index in [1.165, 1.54) is 16.7 Å². The van der Waals surface area contributed by atoms with Crippen molar-refractivity contribution in [1.29, 1.82) is 0 Å². The summed E-state index contributed by atoms with van der Waals surface area (Å²) in [5.41, 5.74) is 5.77. The van der Waals surface area contributed by atoms with E-state index in [1.54, 1.807) is 0 Å². The van der Waals surface area contributed by atoms with Crippen molar-refractivity contribution in [3.63, 3.8) is 0 Å². The molecule has 3 rings (SSSR count). The largest absolute Gasteiger partial charge is 0.372 e. The van der Waals surface area contributed by atoms with E-state index in [-0.39, 0.29) is 18.6 Å². The Morgan fingerprint density at radius 2 is 2.00 bits per heavy atom. The molecule has 4 heteroatoms. The summed E-state index contributed by atoms with van der Waals surface area (Å²) in [6, 6.07) is 14.5. The van der Waals surface area contributed by atoms with Crippen LogP contribution in [0.25, 0.3) is 0 Å². The van der Waals surface area contributed by atoms with E-state index in [0.29, 0.717) is 12.5 Å². The number of amides is 1. The summed E-state index contributed by atoms with van der Waals surface area (Å²) in [6.07, 6.45) is 0.968. The predicted molar refractivity (Wildman–Crippen MR) is 106 cm³/mol. The molecule has 2 aromatic carbocycles. The topological polar surface area (TPSA) is 50.4 Å². The van der Waals surface area contributed by atoms with E-state index >= 15 is 0 Å². The van der Waals surface area contributed by atoms with Crippen molar-refractivity contribution in [2.75, 3.05) is 25.0 Å². The first-order chi connectivity index (χ1) is 12.6.